The Morgan fingerprint density at radius 1 is 1.23 bits per heavy atom. The number of carbonyl (C=O) groups is 1. The maximum absolute atomic E-state index is 12.0. The maximum atomic E-state index is 12.0. The van der Waals surface area contributed by atoms with Crippen LogP contribution in [0.1, 0.15) is 19.4 Å². The number of hydrogen-bond acceptors (Lipinski definition) is 5. The Morgan fingerprint density at radius 3 is 2.67 bits per heavy atom. The minimum atomic E-state index is -0.0162. The molecule has 1 aromatic carbocycles. The van der Waals surface area contributed by atoms with Crippen LogP contribution in [0.5, 0.6) is 5.75 Å². The highest BCUT2D eigenvalue weighted by molar-refractivity contribution is 5.80. The van der Waals surface area contributed by atoms with Crippen molar-refractivity contribution in [3.8, 4) is 5.75 Å². The van der Waals surface area contributed by atoms with Gasteiger partial charge in [0.2, 0.25) is 5.91 Å². The van der Waals surface area contributed by atoms with Gasteiger partial charge in [-0.15, -0.1) is 0 Å². The second-order valence-electron chi connectivity index (χ2n) is 7.55. The summed E-state index contributed by atoms with van der Waals surface area (Å²) in [4.78, 5) is 21.2. The monoisotopic (exact) mass is 419 g/mol. The van der Waals surface area contributed by atoms with Gasteiger partial charge in [0, 0.05) is 46.4 Å². The maximum Gasteiger partial charge on any atom is 0.234 e. The van der Waals surface area contributed by atoms with Gasteiger partial charge < -0.3 is 25.0 Å². The first-order valence-corrected chi connectivity index (χ1v) is 10.8. The number of aliphatic imine (C=N–C) groups is 1. The Balaban J connectivity index is 1.80. The number of rotatable bonds is 10. The van der Waals surface area contributed by atoms with E-state index >= 15 is 0 Å². The van der Waals surface area contributed by atoms with Crippen molar-refractivity contribution in [1.29, 1.82) is 0 Å². The van der Waals surface area contributed by atoms with E-state index in [1.807, 2.05) is 25.1 Å². The first-order valence-electron chi connectivity index (χ1n) is 10.8. The summed E-state index contributed by atoms with van der Waals surface area (Å²) < 4.78 is 11.0. The smallest absolute Gasteiger partial charge is 0.234 e. The Labute approximate surface area is 180 Å². The minimum absolute atomic E-state index is 0.0162. The molecule has 8 nitrogen and oxygen atoms in total. The molecule has 1 aliphatic heterocycles. The van der Waals surface area contributed by atoms with Gasteiger partial charge in [0.1, 0.15) is 11.9 Å². The quantitative estimate of drug-likeness (QED) is 0.336. The highest BCUT2D eigenvalue weighted by Crippen LogP contribution is 2.14. The van der Waals surface area contributed by atoms with Crippen molar-refractivity contribution >= 4 is 11.9 Å². The summed E-state index contributed by atoms with van der Waals surface area (Å²) in [6, 6.07) is 8.07. The number of hydrogen-bond donors (Lipinski definition) is 2. The number of guanidine groups is 1. The molecule has 1 aromatic rings. The lowest BCUT2D eigenvalue weighted by Crippen LogP contribution is -2.54. The van der Waals surface area contributed by atoms with Gasteiger partial charge in [-0.05, 0) is 38.5 Å². The molecule has 0 bridgehead atoms. The third-order valence-electron chi connectivity index (χ3n) is 4.83. The van der Waals surface area contributed by atoms with Crippen LogP contribution in [0.3, 0.4) is 0 Å². The molecular weight excluding hydrogens is 382 g/mol. The molecule has 1 unspecified atom stereocenters. The highest BCUT2D eigenvalue weighted by Gasteiger charge is 2.21. The van der Waals surface area contributed by atoms with Crippen LogP contribution in [0.15, 0.2) is 29.3 Å². The van der Waals surface area contributed by atoms with E-state index in [-0.39, 0.29) is 12.0 Å². The fourth-order valence-corrected chi connectivity index (χ4v) is 3.27. The van der Waals surface area contributed by atoms with Crippen LogP contribution < -0.4 is 15.4 Å². The molecule has 0 radical (unpaired) electrons. The van der Waals surface area contributed by atoms with Gasteiger partial charge in [0.25, 0.3) is 0 Å². The summed E-state index contributed by atoms with van der Waals surface area (Å²) in [7, 11) is 1.63. The van der Waals surface area contributed by atoms with Crippen molar-refractivity contribution in [2.45, 2.75) is 26.9 Å². The van der Waals surface area contributed by atoms with Crippen molar-refractivity contribution in [2.75, 3.05) is 66.1 Å². The summed E-state index contributed by atoms with van der Waals surface area (Å²) in [6.45, 7) is 12.4. The summed E-state index contributed by atoms with van der Waals surface area (Å²) >= 11 is 0. The molecule has 0 aromatic heterocycles. The first kappa shape index (κ1) is 24.0. The molecule has 2 N–H and O–H groups in total. The number of amides is 1. The average Bonchev–Trinajstić information content (AvgIpc) is 2.72. The van der Waals surface area contributed by atoms with Gasteiger partial charge >= 0.3 is 0 Å². The lowest BCUT2D eigenvalue weighted by Gasteiger charge is -2.36. The summed E-state index contributed by atoms with van der Waals surface area (Å²) in [6.07, 6.45) is -0.0162. The first-order chi connectivity index (χ1) is 14.5. The van der Waals surface area contributed by atoms with E-state index < -0.39 is 0 Å². The number of carbonyl (C=O) groups excluding carboxylic acids is 1. The van der Waals surface area contributed by atoms with Crippen LogP contribution in [-0.2, 0) is 9.53 Å². The van der Waals surface area contributed by atoms with E-state index in [2.05, 4.69) is 40.3 Å². The van der Waals surface area contributed by atoms with Crippen molar-refractivity contribution in [3.05, 3.63) is 29.8 Å². The molecule has 1 saturated heterocycles. The molecule has 1 amide bonds. The third kappa shape index (κ3) is 8.59. The third-order valence-corrected chi connectivity index (χ3v) is 4.83. The summed E-state index contributed by atoms with van der Waals surface area (Å²) in [5, 5.41) is 6.25. The van der Waals surface area contributed by atoms with Gasteiger partial charge in [-0.25, -0.2) is 4.99 Å². The topological polar surface area (TPSA) is 78.4 Å². The standard InChI is InChI=1S/C22H37N5O3/c1-5-23-22(25-16-19(3)30-20-8-6-7-18(2)15-20)27-12-10-26(11-13-27)17-21(28)24-9-14-29-4/h6-8,15,19H,5,9-14,16-17H2,1-4H3,(H,23,25)(H,24,28). The predicted molar refractivity (Wildman–Crippen MR) is 120 cm³/mol. The summed E-state index contributed by atoms with van der Waals surface area (Å²) in [5.74, 6) is 1.82. The zero-order valence-corrected chi connectivity index (χ0v) is 18.8. The Bertz CT molecular complexity index is 674. The van der Waals surface area contributed by atoms with Crippen LogP contribution in [0.25, 0.3) is 0 Å². The van der Waals surface area contributed by atoms with Crippen LogP contribution in [0.2, 0.25) is 0 Å². The van der Waals surface area contributed by atoms with E-state index in [1.54, 1.807) is 7.11 Å². The normalized spacial score (nSPS) is 16.3. The molecule has 0 saturated carbocycles. The SMILES string of the molecule is CCNC(=NCC(C)Oc1cccc(C)c1)N1CCN(CC(=O)NCCOC)CC1. The summed E-state index contributed by atoms with van der Waals surface area (Å²) in [5.41, 5.74) is 1.18. The Morgan fingerprint density at radius 2 is 2.00 bits per heavy atom. The van der Waals surface area contributed by atoms with E-state index in [4.69, 9.17) is 14.5 Å². The molecule has 30 heavy (non-hydrogen) atoms. The van der Waals surface area contributed by atoms with E-state index in [0.29, 0.717) is 26.2 Å². The number of benzene rings is 1. The molecule has 0 spiro atoms. The highest BCUT2D eigenvalue weighted by atomic mass is 16.5. The zero-order valence-electron chi connectivity index (χ0n) is 18.8. The van der Waals surface area contributed by atoms with Gasteiger partial charge in [0.05, 0.1) is 19.7 Å². The number of methoxy groups -OCH3 is 1. The van der Waals surface area contributed by atoms with E-state index in [0.717, 1.165) is 44.4 Å². The lowest BCUT2D eigenvalue weighted by molar-refractivity contribution is -0.122. The number of nitrogens with one attached hydrogen (secondary N) is 2. The van der Waals surface area contributed by atoms with E-state index in [9.17, 15) is 4.79 Å². The Hall–Kier alpha value is -2.32. The lowest BCUT2D eigenvalue weighted by atomic mass is 10.2. The van der Waals surface area contributed by atoms with Crippen molar-refractivity contribution < 1.29 is 14.3 Å². The van der Waals surface area contributed by atoms with Crippen molar-refractivity contribution in [1.82, 2.24) is 20.4 Å². The zero-order chi connectivity index (χ0) is 21.8. The molecule has 1 fully saturated rings. The molecule has 0 aliphatic carbocycles. The van der Waals surface area contributed by atoms with Crippen LogP contribution >= 0.6 is 0 Å². The second kappa shape index (κ2) is 13.1. The number of piperazine rings is 1. The largest absolute Gasteiger partial charge is 0.489 e. The van der Waals surface area contributed by atoms with Gasteiger partial charge in [0.15, 0.2) is 5.96 Å². The molecule has 1 aliphatic rings. The van der Waals surface area contributed by atoms with Crippen LogP contribution in [0, 0.1) is 6.92 Å². The molecule has 2 rings (SSSR count). The fourth-order valence-electron chi connectivity index (χ4n) is 3.27. The van der Waals surface area contributed by atoms with E-state index in [1.165, 1.54) is 5.56 Å². The fraction of sp³-hybridized carbons (Fsp3) is 0.636. The predicted octanol–water partition coefficient (Wildman–Crippen LogP) is 1.11. The van der Waals surface area contributed by atoms with Crippen molar-refractivity contribution in [3.63, 3.8) is 0 Å². The van der Waals surface area contributed by atoms with Crippen LogP contribution in [0.4, 0.5) is 0 Å². The molecular formula is C22H37N5O3. The number of nitrogens with zero attached hydrogens (tertiary/aromatic N) is 3. The minimum Gasteiger partial charge on any atom is -0.489 e. The molecule has 1 atom stereocenters. The van der Waals surface area contributed by atoms with Crippen molar-refractivity contribution in [2.24, 2.45) is 4.99 Å². The molecule has 1 heterocycles. The average molecular weight is 420 g/mol. The molecule has 168 valence electrons. The van der Waals surface area contributed by atoms with Crippen LogP contribution in [-0.4, -0.2) is 93.8 Å². The van der Waals surface area contributed by atoms with Gasteiger partial charge in [-0.1, -0.05) is 12.1 Å². The van der Waals surface area contributed by atoms with Gasteiger partial charge in [-0.2, -0.15) is 0 Å². The Kier molecular flexibility index (Phi) is 10.4. The van der Waals surface area contributed by atoms with Gasteiger partial charge in [-0.3, -0.25) is 9.69 Å². The number of ether oxygens (including phenoxy) is 2. The second-order valence-corrected chi connectivity index (χ2v) is 7.55. The number of aryl methyl sites for hydroxylation is 1. The molecule has 8 heteroatoms.